The highest BCUT2D eigenvalue weighted by atomic mass is 16.3. The van der Waals surface area contributed by atoms with Crippen LogP contribution in [0.4, 0.5) is 5.69 Å². The number of hydrogen-bond acceptors (Lipinski definition) is 5. The Morgan fingerprint density at radius 1 is 1.00 bits per heavy atom. The number of benzene rings is 2. The summed E-state index contributed by atoms with van der Waals surface area (Å²) in [7, 11) is 0. The van der Waals surface area contributed by atoms with Crippen molar-refractivity contribution in [3.63, 3.8) is 0 Å². The summed E-state index contributed by atoms with van der Waals surface area (Å²) >= 11 is 0. The van der Waals surface area contributed by atoms with Gasteiger partial charge in [-0.2, -0.15) is 0 Å². The molecule has 2 aromatic heterocycles. The molecule has 0 unspecified atom stereocenters. The number of nitrogens with one attached hydrogen (secondary N) is 2. The molecule has 29 heavy (non-hydrogen) atoms. The number of aromatic nitrogens is 1. The van der Waals surface area contributed by atoms with Crippen LogP contribution >= 0.6 is 0 Å². The Kier molecular flexibility index (Phi) is 5.20. The molecule has 2 aromatic carbocycles. The number of amides is 2. The second kappa shape index (κ2) is 8.26. The fraction of sp³-hybridized carbons (Fsp3) is 0.0455. The first-order chi connectivity index (χ1) is 14.2. The highest BCUT2D eigenvalue weighted by Crippen LogP contribution is 2.15. The number of carbonyl (C=O) groups excluding carboxylic acids is 2. The second-order valence-electron chi connectivity index (χ2n) is 6.20. The molecule has 0 aliphatic rings. The molecule has 7 nitrogen and oxygen atoms in total. The topological polar surface area (TPSA) is 97.4 Å². The van der Waals surface area contributed by atoms with Gasteiger partial charge < -0.3 is 19.5 Å². The van der Waals surface area contributed by atoms with Crippen molar-refractivity contribution in [1.29, 1.82) is 0 Å². The van der Waals surface area contributed by atoms with E-state index in [-0.39, 0.29) is 17.6 Å². The minimum absolute atomic E-state index is 0.243. The molecule has 7 heteroatoms. The van der Waals surface area contributed by atoms with Gasteiger partial charge in [-0.25, -0.2) is 4.98 Å². The zero-order valence-electron chi connectivity index (χ0n) is 15.3. The summed E-state index contributed by atoms with van der Waals surface area (Å²) in [5.41, 5.74) is 2.94. The third-order valence-corrected chi connectivity index (χ3v) is 4.11. The molecule has 2 N–H and O–H groups in total. The molecule has 144 valence electrons. The van der Waals surface area contributed by atoms with E-state index in [0.717, 1.165) is 11.1 Å². The van der Waals surface area contributed by atoms with Gasteiger partial charge in [0.15, 0.2) is 11.3 Å². The van der Waals surface area contributed by atoms with Crippen LogP contribution in [-0.2, 0) is 11.3 Å². The third-order valence-electron chi connectivity index (χ3n) is 4.11. The average molecular weight is 387 g/mol. The van der Waals surface area contributed by atoms with Crippen molar-refractivity contribution in [2.75, 3.05) is 5.32 Å². The molecular weight excluding hydrogens is 370 g/mol. The van der Waals surface area contributed by atoms with Crippen LogP contribution in [0.25, 0.3) is 17.2 Å². The van der Waals surface area contributed by atoms with Gasteiger partial charge in [-0.3, -0.25) is 9.59 Å². The molecular formula is C22H17N3O4. The van der Waals surface area contributed by atoms with Gasteiger partial charge in [0.25, 0.3) is 5.91 Å². The summed E-state index contributed by atoms with van der Waals surface area (Å²) < 4.78 is 10.6. The Morgan fingerprint density at radius 2 is 1.83 bits per heavy atom. The van der Waals surface area contributed by atoms with E-state index >= 15 is 0 Å². The van der Waals surface area contributed by atoms with Crippen molar-refractivity contribution < 1.29 is 18.4 Å². The van der Waals surface area contributed by atoms with E-state index in [2.05, 4.69) is 15.6 Å². The van der Waals surface area contributed by atoms with Crippen LogP contribution in [0.2, 0.25) is 0 Å². The number of para-hydroxylation sites is 2. The summed E-state index contributed by atoms with van der Waals surface area (Å²) in [5.74, 6) is 0.0351. The summed E-state index contributed by atoms with van der Waals surface area (Å²) in [4.78, 5) is 28.2. The fourth-order valence-electron chi connectivity index (χ4n) is 2.66. The molecule has 2 amide bonds. The monoisotopic (exact) mass is 387 g/mol. The van der Waals surface area contributed by atoms with Crippen molar-refractivity contribution in [3.05, 3.63) is 90.2 Å². The summed E-state index contributed by atoms with van der Waals surface area (Å²) in [6, 6.07) is 17.8. The van der Waals surface area contributed by atoms with E-state index in [1.54, 1.807) is 24.3 Å². The van der Waals surface area contributed by atoms with E-state index in [9.17, 15) is 9.59 Å². The highest BCUT2D eigenvalue weighted by Gasteiger charge is 2.08. The standard InChI is InChI=1S/C22H17N3O4/c26-20(11-12-21-25-17-4-1-2-5-18(17)29-21)23-14-15-7-9-16(10-8-15)24-22(27)19-6-3-13-28-19/h1-13H,14H2,(H,23,26)(H,24,27)/b12-11+. The van der Waals surface area contributed by atoms with E-state index in [4.69, 9.17) is 8.83 Å². The number of oxazole rings is 1. The number of rotatable bonds is 6. The lowest BCUT2D eigenvalue weighted by atomic mass is 10.2. The molecule has 2 heterocycles. The van der Waals surface area contributed by atoms with Gasteiger partial charge in [0.2, 0.25) is 11.8 Å². The van der Waals surface area contributed by atoms with E-state index < -0.39 is 0 Å². The van der Waals surface area contributed by atoms with Gasteiger partial charge in [-0.05, 0) is 42.0 Å². The number of furan rings is 1. The average Bonchev–Trinajstić information content (AvgIpc) is 3.41. The van der Waals surface area contributed by atoms with E-state index in [0.29, 0.717) is 23.7 Å². The van der Waals surface area contributed by atoms with Crippen LogP contribution in [-0.4, -0.2) is 16.8 Å². The third kappa shape index (κ3) is 4.59. The Hall–Kier alpha value is -4.13. The predicted octanol–water partition coefficient (Wildman–Crippen LogP) is 4.00. The lowest BCUT2D eigenvalue weighted by molar-refractivity contribution is -0.116. The molecule has 0 radical (unpaired) electrons. The molecule has 4 rings (SSSR count). The maximum absolute atomic E-state index is 12.0. The maximum atomic E-state index is 12.0. The SMILES string of the molecule is O=C(/C=C/c1nc2ccccc2o1)NCc1ccc(NC(=O)c2ccco2)cc1. The van der Waals surface area contributed by atoms with E-state index in [1.165, 1.54) is 18.4 Å². The molecule has 0 saturated carbocycles. The first-order valence-electron chi connectivity index (χ1n) is 8.93. The second-order valence-corrected chi connectivity index (χ2v) is 6.20. The zero-order chi connectivity index (χ0) is 20.1. The Bertz CT molecular complexity index is 1130. The van der Waals surface area contributed by atoms with Crippen molar-refractivity contribution in [2.24, 2.45) is 0 Å². The highest BCUT2D eigenvalue weighted by molar-refractivity contribution is 6.02. The molecule has 0 aliphatic carbocycles. The maximum Gasteiger partial charge on any atom is 0.291 e. The Balaban J connectivity index is 1.29. The van der Waals surface area contributed by atoms with Crippen molar-refractivity contribution in [3.8, 4) is 0 Å². The van der Waals surface area contributed by atoms with Crippen LogP contribution in [0.15, 0.2) is 81.8 Å². The Morgan fingerprint density at radius 3 is 2.59 bits per heavy atom. The number of hydrogen-bond donors (Lipinski definition) is 2. The van der Waals surface area contributed by atoms with E-state index in [1.807, 2.05) is 36.4 Å². The molecule has 0 atom stereocenters. The predicted molar refractivity (Wildman–Crippen MR) is 108 cm³/mol. The lowest BCUT2D eigenvalue weighted by Crippen LogP contribution is -2.20. The normalized spacial score (nSPS) is 11.0. The van der Waals surface area contributed by atoms with Gasteiger partial charge in [0.1, 0.15) is 5.52 Å². The van der Waals surface area contributed by atoms with Crippen LogP contribution < -0.4 is 10.6 Å². The smallest absolute Gasteiger partial charge is 0.291 e. The lowest BCUT2D eigenvalue weighted by Gasteiger charge is -2.06. The van der Waals surface area contributed by atoms with Crippen LogP contribution in [0.3, 0.4) is 0 Å². The Labute approximate surface area is 166 Å². The first kappa shape index (κ1) is 18.2. The van der Waals surface area contributed by atoms with Gasteiger partial charge in [0, 0.05) is 24.4 Å². The van der Waals surface area contributed by atoms with Crippen molar-refractivity contribution >= 4 is 34.7 Å². The van der Waals surface area contributed by atoms with Crippen molar-refractivity contribution in [1.82, 2.24) is 10.3 Å². The number of nitrogens with zero attached hydrogens (tertiary/aromatic N) is 1. The molecule has 0 fully saturated rings. The summed E-state index contributed by atoms with van der Waals surface area (Å²) in [6.45, 7) is 0.350. The fourth-order valence-corrected chi connectivity index (χ4v) is 2.66. The number of anilines is 1. The first-order valence-corrected chi connectivity index (χ1v) is 8.93. The molecule has 0 aliphatic heterocycles. The zero-order valence-corrected chi connectivity index (χ0v) is 15.3. The quantitative estimate of drug-likeness (QED) is 0.487. The van der Waals surface area contributed by atoms with Crippen LogP contribution in [0.5, 0.6) is 0 Å². The molecule has 0 bridgehead atoms. The van der Waals surface area contributed by atoms with Gasteiger partial charge in [0.05, 0.1) is 6.26 Å². The van der Waals surface area contributed by atoms with Gasteiger partial charge >= 0.3 is 0 Å². The summed E-state index contributed by atoms with van der Waals surface area (Å²) in [6.07, 6.45) is 4.35. The minimum Gasteiger partial charge on any atom is -0.459 e. The summed E-state index contributed by atoms with van der Waals surface area (Å²) in [5, 5.41) is 5.53. The van der Waals surface area contributed by atoms with Crippen LogP contribution in [0.1, 0.15) is 22.0 Å². The minimum atomic E-state index is -0.319. The van der Waals surface area contributed by atoms with Gasteiger partial charge in [-0.15, -0.1) is 0 Å². The van der Waals surface area contributed by atoms with Crippen LogP contribution in [0, 0.1) is 0 Å². The molecule has 0 saturated heterocycles. The largest absolute Gasteiger partial charge is 0.459 e. The van der Waals surface area contributed by atoms with Crippen molar-refractivity contribution in [2.45, 2.75) is 6.54 Å². The molecule has 0 spiro atoms. The van der Waals surface area contributed by atoms with Gasteiger partial charge in [-0.1, -0.05) is 24.3 Å². The number of fused-ring (bicyclic) bond motifs is 1. The molecule has 4 aromatic rings. The number of carbonyl (C=O) groups is 2.